The van der Waals surface area contributed by atoms with E-state index < -0.39 is 23.7 Å². The van der Waals surface area contributed by atoms with Crippen LogP contribution in [0.2, 0.25) is 0 Å². The van der Waals surface area contributed by atoms with Gasteiger partial charge in [-0.2, -0.15) is 0 Å². The Bertz CT molecular complexity index is 293. The minimum atomic E-state index is -0.797. The van der Waals surface area contributed by atoms with Gasteiger partial charge in [-0.15, -0.1) is 0 Å². The summed E-state index contributed by atoms with van der Waals surface area (Å²) in [6.45, 7) is 1.23. The van der Waals surface area contributed by atoms with E-state index in [1.165, 1.54) is 0 Å². The Morgan fingerprint density at radius 1 is 1.30 bits per heavy atom. The van der Waals surface area contributed by atoms with E-state index in [9.17, 15) is 15.3 Å². The van der Waals surface area contributed by atoms with E-state index in [4.69, 9.17) is 14.2 Å². The average Bonchev–Trinajstić information content (AvgIpc) is 2.48. The molecule has 5 unspecified atom stereocenters. The lowest BCUT2D eigenvalue weighted by Gasteiger charge is -2.52. The number of aliphatic hydroxyl groups is 3. The van der Waals surface area contributed by atoms with Crippen LogP contribution < -0.4 is 0 Å². The Hall–Kier alpha value is -0.240. The van der Waals surface area contributed by atoms with E-state index in [1.54, 1.807) is 7.11 Å². The van der Waals surface area contributed by atoms with Crippen molar-refractivity contribution in [3.63, 3.8) is 0 Å². The molecule has 0 aromatic carbocycles. The van der Waals surface area contributed by atoms with E-state index in [0.717, 1.165) is 19.4 Å². The fraction of sp³-hybridized carbons (Fsp3) is 1.00. The number of ether oxygens (including phenoxy) is 3. The van der Waals surface area contributed by atoms with Crippen LogP contribution in [-0.4, -0.2) is 73.3 Å². The minimum absolute atomic E-state index is 0.0531. The molecule has 0 aromatic heterocycles. The van der Waals surface area contributed by atoms with Gasteiger partial charge in [0, 0.05) is 32.0 Å². The third-order valence-corrected chi connectivity index (χ3v) is 4.60. The monoisotopic (exact) mass is 290 g/mol. The van der Waals surface area contributed by atoms with Crippen molar-refractivity contribution in [2.75, 3.05) is 40.1 Å². The van der Waals surface area contributed by atoms with Crippen molar-refractivity contribution < 1.29 is 29.5 Å². The number of hydrogen-bond donors (Lipinski definition) is 3. The Morgan fingerprint density at radius 3 is 2.65 bits per heavy atom. The van der Waals surface area contributed by atoms with Gasteiger partial charge >= 0.3 is 0 Å². The fourth-order valence-electron chi connectivity index (χ4n) is 3.60. The molecule has 0 saturated carbocycles. The summed E-state index contributed by atoms with van der Waals surface area (Å²) in [7, 11) is 1.58. The molecule has 0 aliphatic carbocycles. The molecule has 118 valence electrons. The van der Waals surface area contributed by atoms with Crippen LogP contribution >= 0.6 is 0 Å². The normalized spacial score (nSPS) is 42.6. The molecule has 0 aromatic rings. The molecular weight excluding hydrogens is 264 g/mol. The summed E-state index contributed by atoms with van der Waals surface area (Å²) < 4.78 is 17.0. The van der Waals surface area contributed by atoms with E-state index in [2.05, 4.69) is 0 Å². The second-order valence-electron chi connectivity index (χ2n) is 5.82. The van der Waals surface area contributed by atoms with Crippen LogP contribution in [0.1, 0.15) is 19.3 Å². The quantitative estimate of drug-likeness (QED) is 0.635. The van der Waals surface area contributed by atoms with Crippen LogP contribution in [0, 0.1) is 11.8 Å². The van der Waals surface area contributed by atoms with Gasteiger partial charge in [-0.25, -0.2) is 0 Å². The SMILES string of the molecule is COCC1(C2CCCOC2)OC(CO)CC(O)C1CO. The Kier molecular flexibility index (Phi) is 5.77. The largest absolute Gasteiger partial charge is 0.396 e. The maximum atomic E-state index is 10.3. The molecule has 20 heavy (non-hydrogen) atoms. The molecule has 2 aliphatic heterocycles. The third-order valence-electron chi connectivity index (χ3n) is 4.60. The summed E-state index contributed by atoms with van der Waals surface area (Å²) in [5.41, 5.74) is -0.797. The van der Waals surface area contributed by atoms with Gasteiger partial charge in [-0.1, -0.05) is 0 Å². The highest BCUT2D eigenvalue weighted by Crippen LogP contribution is 2.43. The zero-order valence-corrected chi connectivity index (χ0v) is 12.0. The summed E-state index contributed by atoms with van der Waals surface area (Å²) in [6.07, 6.45) is 1.04. The highest BCUT2D eigenvalue weighted by molar-refractivity contribution is 5.02. The zero-order chi connectivity index (χ0) is 14.6. The predicted molar refractivity (Wildman–Crippen MR) is 71.3 cm³/mol. The molecule has 0 radical (unpaired) electrons. The van der Waals surface area contributed by atoms with Crippen molar-refractivity contribution >= 4 is 0 Å². The minimum Gasteiger partial charge on any atom is -0.396 e. The van der Waals surface area contributed by atoms with Crippen molar-refractivity contribution in [2.24, 2.45) is 11.8 Å². The number of methoxy groups -OCH3 is 1. The molecule has 2 rings (SSSR count). The molecule has 3 N–H and O–H groups in total. The lowest BCUT2D eigenvalue weighted by Crippen LogP contribution is -2.63. The van der Waals surface area contributed by atoms with Crippen molar-refractivity contribution in [3.8, 4) is 0 Å². The maximum Gasteiger partial charge on any atom is 0.104 e. The summed E-state index contributed by atoms with van der Waals surface area (Å²) in [5.74, 6) is -0.366. The van der Waals surface area contributed by atoms with Gasteiger partial charge in [0.2, 0.25) is 0 Å². The summed E-state index contributed by atoms with van der Waals surface area (Å²) >= 11 is 0. The maximum absolute atomic E-state index is 10.3. The van der Waals surface area contributed by atoms with Crippen molar-refractivity contribution in [1.82, 2.24) is 0 Å². The first-order valence-corrected chi connectivity index (χ1v) is 7.32. The first-order valence-electron chi connectivity index (χ1n) is 7.32. The molecule has 5 atom stereocenters. The van der Waals surface area contributed by atoms with E-state index in [1.807, 2.05) is 0 Å². The fourth-order valence-corrected chi connectivity index (χ4v) is 3.60. The van der Waals surface area contributed by atoms with Gasteiger partial charge < -0.3 is 29.5 Å². The second-order valence-corrected chi connectivity index (χ2v) is 5.82. The van der Waals surface area contributed by atoms with Gasteiger partial charge in [0.1, 0.15) is 5.60 Å². The van der Waals surface area contributed by atoms with E-state index in [-0.39, 0.29) is 25.7 Å². The van der Waals surface area contributed by atoms with Crippen LogP contribution in [0.5, 0.6) is 0 Å². The van der Waals surface area contributed by atoms with Crippen LogP contribution in [0.15, 0.2) is 0 Å². The number of aliphatic hydroxyl groups excluding tert-OH is 3. The molecule has 2 saturated heterocycles. The van der Waals surface area contributed by atoms with Gasteiger partial charge in [-0.05, 0) is 12.8 Å². The smallest absolute Gasteiger partial charge is 0.104 e. The molecular formula is C14H26O6. The Morgan fingerprint density at radius 2 is 2.10 bits per heavy atom. The topological polar surface area (TPSA) is 88.4 Å². The standard InChI is InChI=1S/C14H26O6/c1-18-9-14(10-3-2-4-19-8-10)12(7-16)13(17)5-11(6-15)20-14/h10-13,15-17H,2-9H2,1H3. The molecule has 2 fully saturated rings. The van der Waals surface area contributed by atoms with Crippen LogP contribution in [0.4, 0.5) is 0 Å². The molecule has 2 heterocycles. The third kappa shape index (κ3) is 3.00. The van der Waals surface area contributed by atoms with E-state index >= 15 is 0 Å². The Balaban J connectivity index is 2.28. The lowest BCUT2D eigenvalue weighted by molar-refractivity contribution is -0.265. The first-order chi connectivity index (χ1) is 9.67. The second kappa shape index (κ2) is 7.15. The van der Waals surface area contributed by atoms with Gasteiger partial charge in [-0.3, -0.25) is 0 Å². The van der Waals surface area contributed by atoms with Crippen LogP contribution in [-0.2, 0) is 14.2 Å². The Labute approximate surface area is 119 Å². The van der Waals surface area contributed by atoms with Gasteiger partial charge in [0.15, 0.2) is 0 Å². The van der Waals surface area contributed by atoms with Crippen molar-refractivity contribution in [3.05, 3.63) is 0 Å². The first kappa shape index (κ1) is 16.1. The molecule has 0 spiro atoms. The number of hydrogen-bond acceptors (Lipinski definition) is 6. The number of rotatable bonds is 5. The lowest BCUT2D eigenvalue weighted by atomic mass is 9.70. The average molecular weight is 290 g/mol. The van der Waals surface area contributed by atoms with Crippen LogP contribution in [0.25, 0.3) is 0 Å². The molecule has 0 bridgehead atoms. The summed E-state index contributed by atoms with van der Waals surface area (Å²) in [4.78, 5) is 0. The zero-order valence-electron chi connectivity index (χ0n) is 12.0. The highest BCUT2D eigenvalue weighted by Gasteiger charge is 2.54. The summed E-state index contributed by atoms with van der Waals surface area (Å²) in [6, 6.07) is 0. The molecule has 6 heteroatoms. The van der Waals surface area contributed by atoms with E-state index in [0.29, 0.717) is 13.0 Å². The van der Waals surface area contributed by atoms with Gasteiger partial charge in [0.05, 0.1) is 38.6 Å². The highest BCUT2D eigenvalue weighted by atomic mass is 16.6. The predicted octanol–water partition coefficient (Wildman–Crippen LogP) is -0.451. The van der Waals surface area contributed by atoms with Crippen molar-refractivity contribution in [1.29, 1.82) is 0 Å². The molecule has 2 aliphatic rings. The summed E-state index contributed by atoms with van der Waals surface area (Å²) in [5, 5.41) is 29.4. The van der Waals surface area contributed by atoms with Crippen LogP contribution in [0.3, 0.4) is 0 Å². The molecule has 0 amide bonds. The van der Waals surface area contributed by atoms with Gasteiger partial charge in [0.25, 0.3) is 0 Å². The molecule has 6 nitrogen and oxygen atoms in total. The van der Waals surface area contributed by atoms with Crippen molar-refractivity contribution in [2.45, 2.75) is 37.1 Å².